The molecule has 0 aliphatic rings. The van der Waals surface area contributed by atoms with Gasteiger partial charge < -0.3 is 9.88 Å². The van der Waals surface area contributed by atoms with E-state index in [1.54, 1.807) is 19.4 Å². The normalized spacial score (nSPS) is 11.0. The number of hydrogen-bond acceptors (Lipinski definition) is 4. The van der Waals surface area contributed by atoms with Crippen LogP contribution in [0.15, 0.2) is 48.9 Å². The lowest BCUT2D eigenvalue weighted by Gasteiger charge is -2.04. The minimum absolute atomic E-state index is 0.118. The molecular weight excluding hydrogens is 308 g/mol. The Hall–Kier alpha value is -2.73. The number of nitrogens with one attached hydrogen (secondary N) is 1. The summed E-state index contributed by atoms with van der Waals surface area (Å²) in [6.45, 7) is 0.766. The first-order chi connectivity index (χ1) is 11.3. The first-order valence-corrected chi connectivity index (χ1v) is 7.99. The summed E-state index contributed by atoms with van der Waals surface area (Å²) in [5.74, 6) is 0.735. The summed E-state index contributed by atoms with van der Waals surface area (Å²) in [5, 5.41) is 3.37. The Bertz CT molecular complexity index is 820. The van der Waals surface area contributed by atoms with Gasteiger partial charge in [0.15, 0.2) is 0 Å². The number of aromatic nitrogens is 3. The Morgan fingerprint density at radius 2 is 2.09 bits per heavy atom. The van der Waals surface area contributed by atoms with Crippen LogP contribution in [0.3, 0.4) is 0 Å². The van der Waals surface area contributed by atoms with E-state index in [1.165, 1.54) is 16.9 Å². The van der Waals surface area contributed by atoms with E-state index >= 15 is 0 Å². The van der Waals surface area contributed by atoms with Crippen LogP contribution in [0.1, 0.15) is 26.1 Å². The lowest BCUT2D eigenvalue weighted by atomic mass is 10.2. The van der Waals surface area contributed by atoms with Crippen molar-refractivity contribution < 1.29 is 4.79 Å². The average molecular weight is 324 g/mol. The Morgan fingerprint density at radius 1 is 1.26 bits per heavy atom. The van der Waals surface area contributed by atoms with Gasteiger partial charge in [0.2, 0.25) is 0 Å². The molecule has 2 aromatic heterocycles. The molecule has 5 nitrogen and oxygen atoms in total. The molecule has 23 heavy (non-hydrogen) atoms. The fourth-order valence-corrected chi connectivity index (χ4v) is 2.90. The molecule has 0 radical (unpaired) electrons. The van der Waals surface area contributed by atoms with E-state index in [-0.39, 0.29) is 5.91 Å². The van der Waals surface area contributed by atoms with Crippen molar-refractivity contribution in [3.8, 4) is 0 Å². The van der Waals surface area contributed by atoms with Gasteiger partial charge in [-0.3, -0.25) is 4.79 Å². The van der Waals surface area contributed by atoms with E-state index in [2.05, 4.69) is 32.0 Å². The Kier molecular flexibility index (Phi) is 4.63. The highest BCUT2D eigenvalue weighted by molar-refractivity contribution is 7.14. The van der Waals surface area contributed by atoms with Crippen molar-refractivity contribution in [3.63, 3.8) is 0 Å². The summed E-state index contributed by atoms with van der Waals surface area (Å²) in [7, 11) is 1.61. The first kappa shape index (κ1) is 15.2. The average Bonchev–Trinajstić information content (AvgIpc) is 3.22. The van der Waals surface area contributed by atoms with Gasteiger partial charge in [0.25, 0.3) is 5.91 Å². The second kappa shape index (κ2) is 7.02. The molecule has 1 N–H and O–H groups in total. The van der Waals surface area contributed by atoms with Crippen molar-refractivity contribution in [3.05, 3.63) is 70.2 Å². The molecule has 0 aliphatic carbocycles. The fourth-order valence-electron chi connectivity index (χ4n) is 2.13. The second-order valence-corrected chi connectivity index (χ2v) is 5.94. The van der Waals surface area contributed by atoms with Crippen LogP contribution in [0.5, 0.6) is 0 Å². The Balaban J connectivity index is 1.74. The maximum Gasteiger partial charge on any atom is 0.262 e. The van der Waals surface area contributed by atoms with Gasteiger partial charge in [0.1, 0.15) is 15.7 Å². The number of benzene rings is 1. The number of thiazole rings is 1. The van der Waals surface area contributed by atoms with Crippen LogP contribution in [-0.2, 0) is 6.54 Å². The predicted molar refractivity (Wildman–Crippen MR) is 92.2 cm³/mol. The number of hydrogen-bond donors (Lipinski definition) is 1. The van der Waals surface area contributed by atoms with Gasteiger partial charge >= 0.3 is 0 Å². The van der Waals surface area contributed by atoms with Crippen LogP contribution in [0.25, 0.3) is 12.2 Å². The fraction of sp³-hybridized carbons (Fsp3) is 0.118. The van der Waals surface area contributed by atoms with Gasteiger partial charge in [0, 0.05) is 26.0 Å². The predicted octanol–water partition coefficient (Wildman–Crippen LogP) is 2.92. The molecular formula is C17H16N4OS. The molecule has 3 aromatic rings. The highest BCUT2D eigenvalue weighted by Gasteiger charge is 2.07. The molecule has 0 unspecified atom stereocenters. The molecule has 0 atom stereocenters. The molecule has 0 saturated heterocycles. The molecule has 2 heterocycles. The van der Waals surface area contributed by atoms with Gasteiger partial charge in [-0.2, -0.15) is 0 Å². The number of carbonyl (C=O) groups excluding carboxylic acids is 1. The maximum absolute atomic E-state index is 11.5. The Morgan fingerprint density at radius 3 is 2.87 bits per heavy atom. The minimum atomic E-state index is -0.118. The van der Waals surface area contributed by atoms with Gasteiger partial charge in [0.05, 0.1) is 6.20 Å². The molecule has 0 saturated carbocycles. The number of carbonyl (C=O) groups is 1. The van der Waals surface area contributed by atoms with Crippen LogP contribution in [-0.4, -0.2) is 27.5 Å². The number of nitrogens with zero attached hydrogens (tertiary/aromatic N) is 3. The molecule has 0 bridgehead atoms. The maximum atomic E-state index is 11.5. The molecule has 0 fully saturated rings. The van der Waals surface area contributed by atoms with Crippen LogP contribution < -0.4 is 5.32 Å². The van der Waals surface area contributed by atoms with Gasteiger partial charge in [-0.25, -0.2) is 9.97 Å². The first-order valence-electron chi connectivity index (χ1n) is 7.17. The van der Waals surface area contributed by atoms with Crippen molar-refractivity contribution >= 4 is 29.4 Å². The van der Waals surface area contributed by atoms with Crippen LogP contribution in [0, 0.1) is 0 Å². The van der Waals surface area contributed by atoms with Gasteiger partial charge in [-0.05, 0) is 17.7 Å². The minimum Gasteiger partial charge on any atom is -0.354 e. The third-order valence-electron chi connectivity index (χ3n) is 3.29. The molecule has 116 valence electrons. The van der Waals surface area contributed by atoms with Gasteiger partial charge in [-0.1, -0.05) is 30.3 Å². The lowest BCUT2D eigenvalue weighted by Crippen LogP contribution is -2.16. The van der Waals surface area contributed by atoms with E-state index < -0.39 is 0 Å². The summed E-state index contributed by atoms with van der Waals surface area (Å²) in [6, 6.07) is 10.2. The van der Waals surface area contributed by atoms with Crippen molar-refractivity contribution in [2.75, 3.05) is 7.05 Å². The zero-order valence-corrected chi connectivity index (χ0v) is 13.5. The third kappa shape index (κ3) is 3.73. The highest BCUT2D eigenvalue weighted by atomic mass is 32.1. The summed E-state index contributed by atoms with van der Waals surface area (Å²) < 4.78 is 2.07. The molecule has 0 aliphatic heterocycles. The lowest BCUT2D eigenvalue weighted by molar-refractivity contribution is 0.0967. The van der Waals surface area contributed by atoms with E-state index in [9.17, 15) is 4.79 Å². The monoisotopic (exact) mass is 324 g/mol. The molecule has 1 amide bonds. The smallest absolute Gasteiger partial charge is 0.262 e. The van der Waals surface area contributed by atoms with E-state index in [0.717, 1.165) is 17.4 Å². The van der Waals surface area contributed by atoms with Crippen molar-refractivity contribution in [1.29, 1.82) is 0 Å². The van der Waals surface area contributed by atoms with E-state index in [4.69, 9.17) is 0 Å². The summed E-state index contributed by atoms with van der Waals surface area (Å²) in [6.07, 6.45) is 9.10. The zero-order chi connectivity index (χ0) is 16.1. The van der Waals surface area contributed by atoms with Crippen LogP contribution in [0.4, 0.5) is 0 Å². The van der Waals surface area contributed by atoms with Crippen LogP contribution in [0.2, 0.25) is 0 Å². The summed E-state index contributed by atoms with van der Waals surface area (Å²) in [5.41, 5.74) is 1.22. The van der Waals surface area contributed by atoms with E-state index in [1.807, 2.05) is 36.5 Å². The van der Waals surface area contributed by atoms with Crippen molar-refractivity contribution in [1.82, 2.24) is 19.9 Å². The quantitative estimate of drug-likeness (QED) is 0.785. The van der Waals surface area contributed by atoms with E-state index in [0.29, 0.717) is 4.88 Å². The Labute approximate surface area is 138 Å². The number of amides is 1. The van der Waals surface area contributed by atoms with Crippen molar-refractivity contribution in [2.24, 2.45) is 0 Å². The number of rotatable bonds is 5. The van der Waals surface area contributed by atoms with Gasteiger partial charge in [-0.15, -0.1) is 11.3 Å². The largest absolute Gasteiger partial charge is 0.354 e. The second-order valence-electron chi connectivity index (χ2n) is 4.87. The third-order valence-corrected chi connectivity index (χ3v) is 4.25. The molecule has 0 spiro atoms. The molecule has 3 rings (SSSR count). The standard InChI is InChI=1S/C17H16N4OS/c1-18-17(22)14-11-20-16(23-14)8-7-15-19-9-10-21(15)12-13-5-3-2-4-6-13/h2-11H,12H2,1H3,(H,18,22)/b8-7+. The summed E-state index contributed by atoms with van der Waals surface area (Å²) in [4.78, 5) is 20.7. The SMILES string of the molecule is CNC(=O)c1cnc(/C=C/c2nccn2Cc2ccccc2)s1. The molecule has 6 heteroatoms. The topological polar surface area (TPSA) is 59.8 Å². The number of imidazole rings is 1. The van der Waals surface area contributed by atoms with Crippen LogP contribution >= 0.6 is 11.3 Å². The summed E-state index contributed by atoms with van der Waals surface area (Å²) >= 11 is 1.35. The zero-order valence-electron chi connectivity index (χ0n) is 12.6. The van der Waals surface area contributed by atoms with Crippen molar-refractivity contribution in [2.45, 2.75) is 6.54 Å². The molecule has 1 aromatic carbocycles. The highest BCUT2D eigenvalue weighted by Crippen LogP contribution is 2.16.